The molecular formula is C20H14Cl2N2OS. The monoisotopic (exact) mass is 400 g/mol. The van der Waals surface area contributed by atoms with E-state index in [-0.39, 0.29) is 0 Å². The molecule has 2 aromatic heterocycles. The third kappa shape index (κ3) is 3.63. The molecule has 6 heteroatoms. The summed E-state index contributed by atoms with van der Waals surface area (Å²) in [5, 5.41) is 3.14. The van der Waals surface area contributed by atoms with Gasteiger partial charge in [-0.25, -0.2) is 4.99 Å². The summed E-state index contributed by atoms with van der Waals surface area (Å²) in [6, 6.07) is 19.4. The van der Waals surface area contributed by atoms with E-state index in [0.29, 0.717) is 16.6 Å². The Kier molecular flexibility index (Phi) is 4.98. The molecule has 0 radical (unpaired) electrons. The molecular weight excluding hydrogens is 387 g/mol. The fourth-order valence-electron chi connectivity index (χ4n) is 2.63. The van der Waals surface area contributed by atoms with Crippen molar-refractivity contribution in [3.05, 3.63) is 92.9 Å². The van der Waals surface area contributed by atoms with Crippen LogP contribution in [-0.2, 0) is 6.54 Å². The lowest BCUT2D eigenvalue weighted by molar-refractivity contribution is 0.492. The van der Waals surface area contributed by atoms with Crippen molar-refractivity contribution in [3.63, 3.8) is 0 Å². The zero-order valence-corrected chi connectivity index (χ0v) is 15.9. The van der Waals surface area contributed by atoms with E-state index in [1.807, 2.05) is 60.7 Å². The lowest BCUT2D eigenvalue weighted by atomic mass is 10.1. The maximum Gasteiger partial charge on any atom is 0.190 e. The van der Waals surface area contributed by atoms with Gasteiger partial charge in [0.2, 0.25) is 0 Å². The molecule has 0 N–H and O–H groups in total. The molecule has 0 spiro atoms. The molecule has 0 amide bonds. The fourth-order valence-corrected chi connectivity index (χ4v) is 3.86. The minimum absolute atomic E-state index is 0.529. The predicted octanol–water partition coefficient (Wildman–Crippen LogP) is 6.40. The van der Waals surface area contributed by atoms with Gasteiger partial charge in [0.05, 0.1) is 34.2 Å². The van der Waals surface area contributed by atoms with Crippen molar-refractivity contribution in [1.82, 2.24) is 4.57 Å². The Bertz CT molecular complexity index is 1080. The first-order valence-corrected chi connectivity index (χ1v) is 9.60. The quantitative estimate of drug-likeness (QED) is 0.389. The summed E-state index contributed by atoms with van der Waals surface area (Å²) in [5.74, 6) is 0.860. The number of para-hydroxylation sites is 1. The van der Waals surface area contributed by atoms with E-state index >= 15 is 0 Å². The van der Waals surface area contributed by atoms with Crippen molar-refractivity contribution in [1.29, 1.82) is 0 Å². The number of hydrogen-bond donors (Lipinski definition) is 0. The van der Waals surface area contributed by atoms with E-state index in [1.54, 1.807) is 17.6 Å². The van der Waals surface area contributed by atoms with Gasteiger partial charge in [-0.05, 0) is 36.4 Å². The van der Waals surface area contributed by atoms with Crippen LogP contribution in [0.4, 0.5) is 5.69 Å². The molecule has 0 saturated heterocycles. The maximum absolute atomic E-state index is 6.22. The Hall–Kier alpha value is -2.27. The number of rotatable bonds is 4. The molecule has 0 aliphatic heterocycles. The van der Waals surface area contributed by atoms with E-state index in [1.165, 1.54) is 0 Å². The minimum Gasteiger partial charge on any atom is -0.467 e. The molecule has 0 atom stereocenters. The molecule has 4 rings (SSSR count). The summed E-state index contributed by atoms with van der Waals surface area (Å²) in [4.78, 5) is 5.67. The average molecular weight is 401 g/mol. The van der Waals surface area contributed by atoms with Crippen LogP contribution in [0.2, 0.25) is 10.0 Å². The molecule has 0 aliphatic carbocycles. The first-order chi connectivity index (χ1) is 12.7. The van der Waals surface area contributed by atoms with Crippen molar-refractivity contribution in [2.45, 2.75) is 6.54 Å². The lowest BCUT2D eigenvalue weighted by Crippen LogP contribution is -2.16. The van der Waals surface area contributed by atoms with Gasteiger partial charge in [-0.1, -0.05) is 47.5 Å². The normalized spacial score (nSPS) is 11.8. The standard InChI is InChI=1S/C20H14Cl2N2OS/c21-17-9-8-14(11-18(17)22)19-13-26-20(23-15-5-2-1-3-6-15)24(19)12-16-7-4-10-25-16/h1-11,13H,12H2. The van der Waals surface area contributed by atoms with E-state index in [2.05, 4.69) is 9.95 Å². The van der Waals surface area contributed by atoms with E-state index < -0.39 is 0 Å². The molecule has 26 heavy (non-hydrogen) atoms. The van der Waals surface area contributed by atoms with Crippen LogP contribution < -0.4 is 4.80 Å². The number of thiazole rings is 1. The van der Waals surface area contributed by atoms with Crippen LogP contribution in [0.15, 0.2) is 81.7 Å². The predicted molar refractivity (Wildman–Crippen MR) is 107 cm³/mol. The number of benzene rings is 2. The second-order valence-electron chi connectivity index (χ2n) is 5.65. The molecule has 2 aromatic carbocycles. The van der Waals surface area contributed by atoms with Crippen molar-refractivity contribution in [2.75, 3.05) is 0 Å². The Labute approximate surface area is 164 Å². The molecule has 130 valence electrons. The van der Waals surface area contributed by atoms with Crippen molar-refractivity contribution < 1.29 is 4.42 Å². The molecule has 0 fully saturated rings. The van der Waals surface area contributed by atoms with Gasteiger partial charge in [0.25, 0.3) is 0 Å². The Morgan fingerprint density at radius 1 is 0.962 bits per heavy atom. The number of nitrogens with zero attached hydrogens (tertiary/aromatic N) is 2. The Morgan fingerprint density at radius 2 is 1.81 bits per heavy atom. The van der Waals surface area contributed by atoms with Gasteiger partial charge < -0.3 is 8.98 Å². The van der Waals surface area contributed by atoms with Crippen molar-refractivity contribution in [2.24, 2.45) is 4.99 Å². The third-order valence-electron chi connectivity index (χ3n) is 3.89. The summed E-state index contributed by atoms with van der Waals surface area (Å²) >= 11 is 13.9. The molecule has 2 heterocycles. The second kappa shape index (κ2) is 7.54. The molecule has 0 unspecified atom stereocenters. The van der Waals surface area contributed by atoms with Gasteiger partial charge >= 0.3 is 0 Å². The Morgan fingerprint density at radius 3 is 2.54 bits per heavy atom. The van der Waals surface area contributed by atoms with E-state index in [0.717, 1.165) is 27.5 Å². The maximum atomic E-state index is 6.22. The number of hydrogen-bond acceptors (Lipinski definition) is 3. The van der Waals surface area contributed by atoms with Crippen molar-refractivity contribution in [3.8, 4) is 11.3 Å². The SMILES string of the molecule is Clc1ccc(-c2csc(=Nc3ccccc3)n2Cc2ccco2)cc1Cl. The van der Waals surface area contributed by atoms with Gasteiger partial charge in [0.15, 0.2) is 4.80 Å². The van der Waals surface area contributed by atoms with Crippen LogP contribution in [0.25, 0.3) is 11.3 Å². The average Bonchev–Trinajstić information content (AvgIpc) is 3.30. The fraction of sp³-hybridized carbons (Fsp3) is 0.0500. The third-order valence-corrected chi connectivity index (χ3v) is 5.49. The van der Waals surface area contributed by atoms with Crippen LogP contribution in [0.5, 0.6) is 0 Å². The summed E-state index contributed by atoms with van der Waals surface area (Å²) in [6.07, 6.45) is 1.68. The molecule has 3 nitrogen and oxygen atoms in total. The highest BCUT2D eigenvalue weighted by molar-refractivity contribution is 7.07. The number of aromatic nitrogens is 1. The summed E-state index contributed by atoms with van der Waals surface area (Å²) < 4.78 is 7.66. The van der Waals surface area contributed by atoms with Crippen LogP contribution in [0, 0.1) is 0 Å². The van der Waals surface area contributed by atoms with Crippen LogP contribution in [0.3, 0.4) is 0 Å². The van der Waals surface area contributed by atoms with Gasteiger partial charge in [-0.3, -0.25) is 0 Å². The zero-order chi connectivity index (χ0) is 17.9. The number of furan rings is 1. The molecule has 0 bridgehead atoms. The molecule has 4 aromatic rings. The van der Waals surface area contributed by atoms with E-state index in [9.17, 15) is 0 Å². The largest absolute Gasteiger partial charge is 0.467 e. The van der Waals surface area contributed by atoms with Gasteiger partial charge in [-0.2, -0.15) is 0 Å². The molecule has 0 saturated carbocycles. The van der Waals surface area contributed by atoms with Gasteiger partial charge in [0, 0.05) is 10.9 Å². The molecule has 0 aliphatic rings. The minimum atomic E-state index is 0.529. The van der Waals surface area contributed by atoms with E-state index in [4.69, 9.17) is 32.6 Å². The summed E-state index contributed by atoms with van der Waals surface area (Å²) in [7, 11) is 0. The smallest absolute Gasteiger partial charge is 0.190 e. The first kappa shape index (κ1) is 17.2. The number of halogens is 2. The highest BCUT2D eigenvalue weighted by atomic mass is 35.5. The lowest BCUT2D eigenvalue weighted by Gasteiger charge is -2.08. The summed E-state index contributed by atoms with van der Waals surface area (Å²) in [5.41, 5.74) is 2.90. The van der Waals surface area contributed by atoms with Crippen LogP contribution in [0.1, 0.15) is 5.76 Å². The van der Waals surface area contributed by atoms with Gasteiger partial charge in [0.1, 0.15) is 5.76 Å². The highest BCUT2D eigenvalue weighted by Crippen LogP contribution is 2.29. The topological polar surface area (TPSA) is 30.4 Å². The van der Waals surface area contributed by atoms with Gasteiger partial charge in [-0.15, -0.1) is 11.3 Å². The van der Waals surface area contributed by atoms with Crippen LogP contribution >= 0.6 is 34.5 Å². The van der Waals surface area contributed by atoms with Crippen molar-refractivity contribution >= 4 is 40.2 Å². The summed E-state index contributed by atoms with van der Waals surface area (Å²) in [6.45, 7) is 0.581. The highest BCUT2D eigenvalue weighted by Gasteiger charge is 2.11. The Balaban J connectivity index is 1.86. The first-order valence-electron chi connectivity index (χ1n) is 7.96. The second-order valence-corrected chi connectivity index (χ2v) is 7.30. The van der Waals surface area contributed by atoms with Crippen LogP contribution in [-0.4, -0.2) is 4.57 Å². The zero-order valence-electron chi connectivity index (χ0n) is 13.6.